The maximum absolute atomic E-state index is 4.21. The van der Waals surface area contributed by atoms with Gasteiger partial charge in [-0.1, -0.05) is 6.42 Å². The number of fused-ring (bicyclic) bond motifs is 1. The van der Waals surface area contributed by atoms with E-state index in [4.69, 9.17) is 0 Å². The van der Waals surface area contributed by atoms with Gasteiger partial charge in [-0.3, -0.25) is 0 Å². The number of hydrogen-bond acceptors (Lipinski definition) is 3. The molecule has 1 aliphatic carbocycles. The van der Waals surface area contributed by atoms with Gasteiger partial charge in [-0.05, 0) is 25.7 Å². The van der Waals surface area contributed by atoms with Crippen LogP contribution in [0.3, 0.4) is 0 Å². The zero-order valence-corrected chi connectivity index (χ0v) is 6.45. The van der Waals surface area contributed by atoms with Gasteiger partial charge in [0.1, 0.15) is 6.33 Å². The Hall–Kier alpha value is -0.990. The van der Waals surface area contributed by atoms with Crippen LogP contribution in [0.15, 0.2) is 6.33 Å². The van der Waals surface area contributed by atoms with E-state index in [0.29, 0.717) is 0 Å². The van der Waals surface area contributed by atoms with Gasteiger partial charge < -0.3 is 0 Å². The van der Waals surface area contributed by atoms with Crippen molar-refractivity contribution in [2.75, 3.05) is 0 Å². The fourth-order valence-corrected chi connectivity index (χ4v) is 1.49. The van der Waals surface area contributed by atoms with E-state index >= 15 is 0 Å². The van der Waals surface area contributed by atoms with Gasteiger partial charge in [-0.2, -0.15) is 5.10 Å². The van der Waals surface area contributed by atoms with E-state index < -0.39 is 0 Å². The number of hydrogen-bond donors (Lipinski definition) is 0. The molecular weight excluding hydrogens is 138 g/mol. The molecule has 0 amide bonds. The summed E-state index contributed by atoms with van der Waals surface area (Å²) in [5.74, 6) is 0. The van der Waals surface area contributed by atoms with Gasteiger partial charge in [0.05, 0.1) is 11.4 Å². The Morgan fingerprint density at radius 3 is 2.73 bits per heavy atom. The summed E-state index contributed by atoms with van der Waals surface area (Å²) in [5.41, 5.74) is 2.28. The van der Waals surface area contributed by atoms with E-state index in [1.54, 1.807) is 6.33 Å². The van der Waals surface area contributed by atoms with Crippen molar-refractivity contribution < 1.29 is 0 Å². The van der Waals surface area contributed by atoms with Crippen LogP contribution >= 0.6 is 0 Å². The van der Waals surface area contributed by atoms with Crippen molar-refractivity contribution in [3.05, 3.63) is 17.7 Å². The fraction of sp³-hybridized carbons (Fsp3) is 0.625. The first-order valence-corrected chi connectivity index (χ1v) is 4.12. The summed E-state index contributed by atoms with van der Waals surface area (Å²) in [6.45, 7) is 0. The Morgan fingerprint density at radius 1 is 1.00 bits per heavy atom. The SMILES string of the molecule is c1nnc2c(n1)CCCCC2. The summed E-state index contributed by atoms with van der Waals surface area (Å²) in [4.78, 5) is 4.21. The molecule has 1 heterocycles. The minimum absolute atomic E-state index is 1.07. The second kappa shape index (κ2) is 2.95. The lowest BCUT2D eigenvalue weighted by Crippen LogP contribution is -1.99. The molecule has 0 saturated carbocycles. The molecule has 0 N–H and O–H groups in total. The smallest absolute Gasteiger partial charge is 0.138 e. The van der Waals surface area contributed by atoms with E-state index in [-0.39, 0.29) is 0 Å². The first-order chi connectivity index (χ1) is 5.47. The standard InChI is InChI=1S/C8H11N3/c1-2-4-7-8(5-3-1)11-10-6-9-7/h6H,1-5H2. The van der Waals surface area contributed by atoms with Crippen molar-refractivity contribution >= 4 is 0 Å². The van der Waals surface area contributed by atoms with Gasteiger partial charge in [0, 0.05) is 0 Å². The summed E-state index contributed by atoms with van der Waals surface area (Å²) in [5, 5.41) is 7.85. The quantitative estimate of drug-likeness (QED) is 0.519. The van der Waals surface area contributed by atoms with E-state index in [2.05, 4.69) is 15.2 Å². The molecule has 0 spiro atoms. The van der Waals surface area contributed by atoms with Crippen LogP contribution in [-0.4, -0.2) is 15.2 Å². The normalized spacial score (nSPS) is 17.1. The second-order valence-corrected chi connectivity index (χ2v) is 2.91. The van der Waals surface area contributed by atoms with Crippen LogP contribution in [0.2, 0.25) is 0 Å². The van der Waals surface area contributed by atoms with Gasteiger partial charge in [0.2, 0.25) is 0 Å². The summed E-state index contributed by atoms with van der Waals surface area (Å²) in [7, 11) is 0. The topological polar surface area (TPSA) is 38.7 Å². The number of aryl methyl sites for hydroxylation is 2. The van der Waals surface area contributed by atoms with Crippen LogP contribution < -0.4 is 0 Å². The van der Waals surface area contributed by atoms with Gasteiger partial charge in [-0.25, -0.2) is 4.98 Å². The third-order valence-corrected chi connectivity index (χ3v) is 2.10. The van der Waals surface area contributed by atoms with Crippen LogP contribution in [-0.2, 0) is 12.8 Å². The van der Waals surface area contributed by atoms with E-state index in [9.17, 15) is 0 Å². The zero-order chi connectivity index (χ0) is 7.52. The Morgan fingerprint density at radius 2 is 1.82 bits per heavy atom. The van der Waals surface area contributed by atoms with Crippen molar-refractivity contribution in [1.29, 1.82) is 0 Å². The van der Waals surface area contributed by atoms with Crippen LogP contribution in [0.4, 0.5) is 0 Å². The highest BCUT2D eigenvalue weighted by Crippen LogP contribution is 2.14. The molecule has 1 aromatic heterocycles. The number of nitrogens with zero attached hydrogens (tertiary/aromatic N) is 3. The molecule has 0 saturated heterocycles. The highest BCUT2D eigenvalue weighted by Gasteiger charge is 2.08. The molecule has 0 unspecified atom stereocenters. The van der Waals surface area contributed by atoms with Crippen molar-refractivity contribution in [2.45, 2.75) is 32.1 Å². The predicted octanol–water partition coefficient (Wildman–Crippen LogP) is 1.14. The summed E-state index contributed by atoms with van der Waals surface area (Å²) >= 11 is 0. The highest BCUT2D eigenvalue weighted by atomic mass is 15.1. The highest BCUT2D eigenvalue weighted by molar-refractivity contribution is 5.09. The van der Waals surface area contributed by atoms with E-state index in [0.717, 1.165) is 24.2 Å². The van der Waals surface area contributed by atoms with Crippen molar-refractivity contribution in [2.24, 2.45) is 0 Å². The van der Waals surface area contributed by atoms with Crippen LogP contribution in [0.1, 0.15) is 30.7 Å². The average molecular weight is 149 g/mol. The first kappa shape index (κ1) is 6.70. The van der Waals surface area contributed by atoms with Crippen molar-refractivity contribution in [3.63, 3.8) is 0 Å². The minimum atomic E-state index is 1.07. The molecule has 0 aliphatic heterocycles. The van der Waals surface area contributed by atoms with Crippen LogP contribution in [0.25, 0.3) is 0 Å². The lowest BCUT2D eigenvalue weighted by molar-refractivity contribution is 0.705. The van der Waals surface area contributed by atoms with Gasteiger partial charge in [-0.15, -0.1) is 5.10 Å². The molecule has 0 fully saturated rings. The Balaban J connectivity index is 2.33. The third kappa shape index (κ3) is 1.37. The summed E-state index contributed by atoms with van der Waals surface area (Å²) in [6, 6.07) is 0. The molecular formula is C8H11N3. The van der Waals surface area contributed by atoms with E-state index in [1.165, 1.54) is 19.3 Å². The van der Waals surface area contributed by atoms with Crippen molar-refractivity contribution in [3.8, 4) is 0 Å². The monoisotopic (exact) mass is 149 g/mol. The molecule has 3 nitrogen and oxygen atoms in total. The third-order valence-electron chi connectivity index (χ3n) is 2.10. The lowest BCUT2D eigenvalue weighted by Gasteiger charge is -1.98. The summed E-state index contributed by atoms with van der Waals surface area (Å²) in [6.07, 6.45) is 7.50. The largest absolute Gasteiger partial charge is 0.238 e. The molecule has 58 valence electrons. The van der Waals surface area contributed by atoms with Crippen LogP contribution in [0, 0.1) is 0 Å². The van der Waals surface area contributed by atoms with Gasteiger partial charge in [0.25, 0.3) is 0 Å². The van der Waals surface area contributed by atoms with Gasteiger partial charge in [0.15, 0.2) is 0 Å². The average Bonchev–Trinajstić information content (AvgIpc) is 2.28. The Bertz CT molecular complexity index is 222. The van der Waals surface area contributed by atoms with E-state index in [1.807, 2.05) is 0 Å². The molecule has 3 heteroatoms. The molecule has 2 rings (SSSR count). The maximum Gasteiger partial charge on any atom is 0.138 e. The number of aromatic nitrogens is 3. The molecule has 0 atom stereocenters. The number of rotatable bonds is 0. The Labute approximate surface area is 65.9 Å². The molecule has 1 aliphatic rings. The first-order valence-electron chi connectivity index (χ1n) is 4.12. The van der Waals surface area contributed by atoms with Gasteiger partial charge >= 0.3 is 0 Å². The second-order valence-electron chi connectivity index (χ2n) is 2.91. The Kier molecular flexibility index (Phi) is 1.79. The molecule has 0 bridgehead atoms. The van der Waals surface area contributed by atoms with Crippen LogP contribution in [0.5, 0.6) is 0 Å². The molecule has 0 aromatic carbocycles. The molecule has 0 radical (unpaired) electrons. The predicted molar refractivity (Wildman–Crippen MR) is 41.1 cm³/mol. The maximum atomic E-state index is 4.21. The molecule has 11 heavy (non-hydrogen) atoms. The van der Waals surface area contributed by atoms with Crippen molar-refractivity contribution in [1.82, 2.24) is 15.2 Å². The fourth-order valence-electron chi connectivity index (χ4n) is 1.49. The zero-order valence-electron chi connectivity index (χ0n) is 6.45. The lowest BCUT2D eigenvalue weighted by atomic mass is 10.2. The summed E-state index contributed by atoms with van der Waals surface area (Å²) < 4.78 is 0. The minimum Gasteiger partial charge on any atom is -0.238 e. The molecule has 1 aromatic rings.